The molecule has 1 aliphatic carbocycles. The number of hydrogen-bond donors (Lipinski definition) is 2. The average Bonchev–Trinajstić information content (AvgIpc) is 2.94. The molecule has 3 heterocycles. The van der Waals surface area contributed by atoms with Crippen molar-refractivity contribution in [1.29, 1.82) is 0 Å². The number of hydrogen-bond acceptors (Lipinski definition) is 7. The van der Waals surface area contributed by atoms with Gasteiger partial charge in [-0.2, -0.15) is 0 Å². The van der Waals surface area contributed by atoms with Crippen molar-refractivity contribution in [2.45, 2.75) is 62.7 Å². The summed E-state index contributed by atoms with van der Waals surface area (Å²) in [5.41, 5.74) is 5.19. The summed E-state index contributed by atoms with van der Waals surface area (Å²) < 4.78 is 56.2. The van der Waals surface area contributed by atoms with Gasteiger partial charge in [-0.05, 0) is 71.7 Å². The number of carbonyl (C=O) groups excluding carboxylic acids is 1. The zero-order chi connectivity index (χ0) is 29.3. The molecule has 1 aliphatic heterocycles. The Bertz CT molecular complexity index is 1390. The largest absolute Gasteiger partial charge is 0.385 e. The number of Topliss-reactive ketones (excluding diaryl/α,β-unsaturated/α-hetero) is 1. The predicted molar refractivity (Wildman–Crippen MR) is 146 cm³/mol. The zero-order valence-electron chi connectivity index (χ0n) is 23.1. The molecule has 218 valence electrons. The fraction of sp³-hybridized carbons (Fsp3) is 0.452. The zero-order valence-corrected chi connectivity index (χ0v) is 23.1. The van der Waals surface area contributed by atoms with Crippen LogP contribution in [-0.2, 0) is 21.5 Å². The summed E-state index contributed by atoms with van der Waals surface area (Å²) in [5, 5.41) is 10.9. The molecule has 0 unspecified atom stereocenters. The van der Waals surface area contributed by atoms with Gasteiger partial charge in [-0.3, -0.25) is 9.78 Å². The number of nitrogens with zero attached hydrogens (tertiary/aromatic N) is 2. The first-order valence-electron chi connectivity index (χ1n) is 13.8. The highest BCUT2D eigenvalue weighted by Crippen LogP contribution is 2.39. The van der Waals surface area contributed by atoms with Crippen LogP contribution < -0.4 is 5.73 Å². The van der Waals surface area contributed by atoms with Gasteiger partial charge >= 0.3 is 0 Å². The molecule has 7 nitrogen and oxygen atoms in total. The molecule has 10 heteroatoms. The van der Waals surface area contributed by atoms with Crippen molar-refractivity contribution in [3.05, 3.63) is 82.6 Å². The molecule has 1 aromatic carbocycles. The summed E-state index contributed by atoms with van der Waals surface area (Å²) >= 11 is 0. The molecule has 3 aromatic rings. The number of pyridine rings is 2. The lowest BCUT2D eigenvalue weighted by molar-refractivity contribution is -0.0682. The van der Waals surface area contributed by atoms with Crippen molar-refractivity contribution in [1.82, 2.24) is 9.97 Å². The Kier molecular flexibility index (Phi) is 8.56. The van der Waals surface area contributed by atoms with Gasteiger partial charge in [0.15, 0.2) is 5.78 Å². The molecule has 0 spiro atoms. The third kappa shape index (κ3) is 5.92. The molecule has 2 fully saturated rings. The molecule has 3 N–H and O–H groups in total. The third-order valence-corrected chi connectivity index (χ3v) is 8.47. The van der Waals surface area contributed by atoms with Gasteiger partial charge in [-0.1, -0.05) is 6.92 Å². The molecule has 1 saturated heterocycles. The van der Waals surface area contributed by atoms with Gasteiger partial charge in [0.05, 0.1) is 17.3 Å². The number of aliphatic hydroxyl groups is 1. The standard InChI is InChI=1S/C31H34F3N3O4/c1-17-11-18(12-25(35)30(17)40-2)21-5-8-36-16-19(21)13-27(38)26-4-3-22(32)29(37-26)28-23(33)14-20(15-24(28)34)31(39)6-9-41-10-7-31/h3-5,8,14-18,25,30,39H,6-7,9-13,35H2,1-2H3/t17-,18+,25+,30+/m0/s1. The minimum absolute atomic E-state index is 0.0462. The highest BCUT2D eigenvalue weighted by atomic mass is 19.1. The minimum atomic E-state index is -1.45. The number of benzene rings is 1. The van der Waals surface area contributed by atoms with E-state index in [9.17, 15) is 14.3 Å². The first-order valence-corrected chi connectivity index (χ1v) is 13.8. The van der Waals surface area contributed by atoms with E-state index in [2.05, 4.69) is 16.9 Å². The molecule has 0 radical (unpaired) electrons. The lowest BCUT2D eigenvalue weighted by Crippen LogP contribution is -2.45. The highest BCUT2D eigenvalue weighted by Gasteiger charge is 2.36. The van der Waals surface area contributed by atoms with Gasteiger partial charge in [0.1, 0.15) is 28.8 Å². The SMILES string of the molecule is CO[C@H]1[C@H](N)C[C@H](c2ccncc2CC(=O)c2ccc(F)c(-c3c(F)cc(C4(O)CCOCC4)cc3F)n2)C[C@@H]1C. The molecule has 2 aromatic heterocycles. The van der Waals surface area contributed by atoms with Crippen LogP contribution in [0, 0.1) is 23.4 Å². The van der Waals surface area contributed by atoms with E-state index in [1.807, 2.05) is 6.07 Å². The van der Waals surface area contributed by atoms with Crippen molar-refractivity contribution in [3.8, 4) is 11.3 Å². The Labute approximate surface area is 236 Å². The molecule has 41 heavy (non-hydrogen) atoms. The number of methoxy groups -OCH3 is 1. The Morgan fingerprint density at radius 1 is 1.12 bits per heavy atom. The Hall–Kier alpha value is -3.18. The van der Waals surface area contributed by atoms with Crippen molar-refractivity contribution in [2.24, 2.45) is 11.7 Å². The third-order valence-electron chi connectivity index (χ3n) is 8.47. The van der Waals surface area contributed by atoms with Crippen LogP contribution in [0.2, 0.25) is 0 Å². The van der Waals surface area contributed by atoms with Crippen molar-refractivity contribution in [2.75, 3.05) is 20.3 Å². The normalized spacial score (nSPS) is 24.3. The number of ether oxygens (including phenoxy) is 2. The second-order valence-electron chi connectivity index (χ2n) is 11.2. The number of rotatable bonds is 7. The molecule has 0 amide bonds. The van der Waals surface area contributed by atoms with E-state index in [0.29, 0.717) is 12.0 Å². The molecule has 5 rings (SSSR count). The average molecular weight is 570 g/mol. The van der Waals surface area contributed by atoms with Crippen LogP contribution in [0.5, 0.6) is 0 Å². The lowest BCUT2D eigenvalue weighted by atomic mass is 9.73. The van der Waals surface area contributed by atoms with E-state index in [1.54, 1.807) is 19.5 Å². The monoisotopic (exact) mass is 569 g/mol. The fourth-order valence-electron chi connectivity index (χ4n) is 6.31. The van der Waals surface area contributed by atoms with Gasteiger partial charge in [0.2, 0.25) is 0 Å². The Balaban J connectivity index is 1.41. The molecular weight excluding hydrogens is 535 g/mol. The van der Waals surface area contributed by atoms with Crippen LogP contribution in [0.15, 0.2) is 42.7 Å². The highest BCUT2D eigenvalue weighted by molar-refractivity contribution is 5.96. The summed E-state index contributed by atoms with van der Waals surface area (Å²) in [6, 6.07) is 5.88. The van der Waals surface area contributed by atoms with Gasteiger partial charge in [-0.25, -0.2) is 18.2 Å². The second kappa shape index (κ2) is 12.0. The van der Waals surface area contributed by atoms with Crippen LogP contribution in [0.25, 0.3) is 11.3 Å². The predicted octanol–water partition coefficient (Wildman–Crippen LogP) is 4.84. The minimum Gasteiger partial charge on any atom is -0.385 e. The summed E-state index contributed by atoms with van der Waals surface area (Å²) in [7, 11) is 1.66. The Morgan fingerprint density at radius 2 is 1.83 bits per heavy atom. The molecule has 4 atom stereocenters. The van der Waals surface area contributed by atoms with Crippen molar-refractivity contribution < 1.29 is 32.5 Å². The fourth-order valence-corrected chi connectivity index (χ4v) is 6.31. The number of ketones is 1. The second-order valence-corrected chi connectivity index (χ2v) is 11.2. The maximum Gasteiger partial charge on any atom is 0.185 e. The topological polar surface area (TPSA) is 108 Å². The maximum atomic E-state index is 15.3. The van der Waals surface area contributed by atoms with Gasteiger partial charge < -0.3 is 20.3 Å². The smallest absolute Gasteiger partial charge is 0.185 e. The van der Waals surface area contributed by atoms with E-state index in [0.717, 1.165) is 30.2 Å². The van der Waals surface area contributed by atoms with E-state index in [4.69, 9.17) is 15.2 Å². The van der Waals surface area contributed by atoms with Crippen molar-refractivity contribution >= 4 is 5.78 Å². The molecule has 2 aliphatic rings. The Morgan fingerprint density at radius 3 is 2.49 bits per heavy atom. The number of aromatic nitrogens is 2. The lowest BCUT2D eigenvalue weighted by Gasteiger charge is -2.38. The molecular formula is C31H34F3N3O4. The summed E-state index contributed by atoms with van der Waals surface area (Å²) in [5.74, 6) is -3.27. The van der Waals surface area contributed by atoms with Crippen LogP contribution in [0.1, 0.15) is 65.7 Å². The molecule has 0 bridgehead atoms. The maximum absolute atomic E-state index is 15.3. The number of nitrogens with two attached hydrogens (primary N) is 1. The summed E-state index contributed by atoms with van der Waals surface area (Å²) in [6.45, 7) is 2.59. The van der Waals surface area contributed by atoms with Crippen molar-refractivity contribution in [3.63, 3.8) is 0 Å². The van der Waals surface area contributed by atoms with Crippen LogP contribution in [0.4, 0.5) is 13.2 Å². The van der Waals surface area contributed by atoms with Crippen LogP contribution in [-0.4, -0.2) is 53.3 Å². The first-order chi connectivity index (χ1) is 19.6. The van der Waals surface area contributed by atoms with Crippen LogP contribution >= 0.6 is 0 Å². The quantitative estimate of drug-likeness (QED) is 0.392. The van der Waals surface area contributed by atoms with E-state index < -0.39 is 40.1 Å². The molecule has 1 saturated carbocycles. The van der Waals surface area contributed by atoms with E-state index >= 15 is 8.78 Å². The number of carbonyl (C=O) groups is 1. The summed E-state index contributed by atoms with van der Waals surface area (Å²) in [6.07, 6.45) is 5.03. The van der Waals surface area contributed by atoms with Crippen LogP contribution in [0.3, 0.4) is 0 Å². The van der Waals surface area contributed by atoms with Gasteiger partial charge in [0, 0.05) is 58.0 Å². The van der Waals surface area contributed by atoms with Gasteiger partial charge in [-0.15, -0.1) is 0 Å². The van der Waals surface area contributed by atoms with E-state index in [-0.39, 0.29) is 67.7 Å². The summed E-state index contributed by atoms with van der Waals surface area (Å²) in [4.78, 5) is 21.6. The number of halogens is 3. The van der Waals surface area contributed by atoms with Gasteiger partial charge in [0.25, 0.3) is 0 Å². The first kappa shape index (κ1) is 29.3. The van der Waals surface area contributed by atoms with E-state index in [1.165, 1.54) is 6.07 Å².